The number of aromatic nitrogens is 2. The van der Waals surface area contributed by atoms with Crippen molar-refractivity contribution in [2.45, 2.75) is 24.2 Å². The Hall–Kier alpha value is -1.07. The first-order chi connectivity index (χ1) is 14.0. The van der Waals surface area contributed by atoms with Crippen LogP contribution in [-0.2, 0) is 36.3 Å². The largest absolute Gasteiger partial charge is 0.490 e. The van der Waals surface area contributed by atoms with Crippen LogP contribution in [0, 0.1) is 0 Å². The van der Waals surface area contributed by atoms with Gasteiger partial charge in [0.25, 0.3) is 0 Å². The zero-order valence-electron chi connectivity index (χ0n) is 15.3. The second-order valence-corrected chi connectivity index (χ2v) is 10.3. The number of hydrogen-bond donors (Lipinski definition) is 7. The molecule has 0 radical (unpaired) electrons. The Kier molecular flexibility index (Phi) is 7.65. The first-order valence-electron chi connectivity index (χ1n) is 7.73. The monoisotopic (exact) mass is 513 g/mol. The number of hydrogen-bond acceptors (Lipinski definition) is 13. The number of nitrogens with zero attached hydrogens (tertiary/aromatic N) is 2. The minimum Gasteiger partial charge on any atom is -0.385 e. The van der Waals surface area contributed by atoms with E-state index in [1.54, 1.807) is 0 Å². The van der Waals surface area contributed by atoms with Crippen molar-refractivity contribution in [3.05, 3.63) is 22.7 Å². The Morgan fingerprint density at radius 1 is 1.19 bits per heavy atom. The second kappa shape index (κ2) is 9.05. The van der Waals surface area contributed by atoms with Gasteiger partial charge in [-0.15, -0.1) is 0 Å². The van der Waals surface area contributed by atoms with Crippen molar-refractivity contribution in [3.8, 4) is 0 Å². The van der Waals surface area contributed by atoms with Crippen LogP contribution in [0.1, 0.15) is 6.23 Å². The Morgan fingerprint density at radius 3 is 2.32 bits per heavy atom. The molecular weight excluding hydrogens is 495 g/mol. The van der Waals surface area contributed by atoms with Gasteiger partial charge in [0.2, 0.25) is 5.79 Å². The summed E-state index contributed by atoms with van der Waals surface area (Å²) in [6.45, 7) is -1.25. The SMILES string of the molecule is CO[C@]1(COP(=O)(O)OP(=O)(O)OP(=O)(O)O)O[C@@H](n2ccc(N)nc2=O)[C@H](O)[C@@H]1O. The summed E-state index contributed by atoms with van der Waals surface area (Å²) in [5, 5.41) is 20.5. The second-order valence-electron chi connectivity index (χ2n) is 5.87. The fourth-order valence-corrected chi connectivity index (χ4v) is 5.46. The lowest BCUT2D eigenvalue weighted by Gasteiger charge is -2.30. The van der Waals surface area contributed by atoms with Crippen LogP contribution >= 0.6 is 23.5 Å². The van der Waals surface area contributed by atoms with E-state index in [-0.39, 0.29) is 5.82 Å². The van der Waals surface area contributed by atoms with Crippen molar-refractivity contribution in [2.24, 2.45) is 0 Å². The van der Waals surface area contributed by atoms with Crippen molar-refractivity contribution in [1.29, 1.82) is 0 Å². The number of ether oxygens (including phenoxy) is 2. The van der Waals surface area contributed by atoms with Crippen LogP contribution in [0.5, 0.6) is 0 Å². The number of nitrogen functional groups attached to an aromatic ring is 1. The molecule has 2 rings (SSSR count). The summed E-state index contributed by atoms with van der Waals surface area (Å²) < 4.78 is 56.3. The number of aliphatic hydroxyl groups is 2. The van der Waals surface area contributed by atoms with Gasteiger partial charge in [-0.1, -0.05) is 0 Å². The molecule has 0 aromatic carbocycles. The van der Waals surface area contributed by atoms with Crippen molar-refractivity contribution in [3.63, 3.8) is 0 Å². The van der Waals surface area contributed by atoms with E-state index in [2.05, 4.69) is 18.1 Å². The number of anilines is 1. The molecule has 0 saturated carbocycles. The van der Waals surface area contributed by atoms with Gasteiger partial charge in [-0.2, -0.15) is 13.6 Å². The minimum absolute atomic E-state index is 0.153. The molecule has 1 aliphatic heterocycles. The molecule has 1 aromatic heterocycles. The molecule has 0 aliphatic carbocycles. The highest BCUT2D eigenvalue weighted by molar-refractivity contribution is 7.66. The van der Waals surface area contributed by atoms with Crippen LogP contribution in [0.3, 0.4) is 0 Å². The van der Waals surface area contributed by atoms with Crippen molar-refractivity contribution < 1.29 is 66.1 Å². The van der Waals surface area contributed by atoms with Gasteiger partial charge in [0.05, 0.1) is 0 Å². The fraction of sp³-hybridized carbons (Fsp3) is 0.600. The van der Waals surface area contributed by atoms with Crippen molar-refractivity contribution in [2.75, 3.05) is 19.5 Å². The Labute approximate surface area is 172 Å². The van der Waals surface area contributed by atoms with E-state index in [4.69, 9.17) is 29.9 Å². The summed E-state index contributed by atoms with van der Waals surface area (Å²) in [4.78, 5) is 51.0. The van der Waals surface area contributed by atoms with E-state index in [1.807, 2.05) is 0 Å². The molecular formula is C10H18N3O15P3. The molecule has 1 fully saturated rings. The zero-order chi connectivity index (χ0) is 23.8. The highest BCUT2D eigenvalue weighted by atomic mass is 31.3. The number of phosphoric ester groups is 1. The van der Waals surface area contributed by atoms with Gasteiger partial charge in [-0.3, -0.25) is 9.09 Å². The minimum atomic E-state index is -5.79. The van der Waals surface area contributed by atoms with Gasteiger partial charge in [-0.25, -0.2) is 18.5 Å². The zero-order valence-corrected chi connectivity index (χ0v) is 17.9. The standard InChI is InChI=1S/C10H18N3O15P3/c1-24-10(4-25-30(20,21)28-31(22,23)27-29(17,18)19)7(15)6(14)8(26-10)13-3-2-5(11)12-9(13)16/h2-3,6-8,14-15H,4H2,1H3,(H,20,21)(H,22,23)(H2,11,12,16)(H2,17,18,19)/t6-,7+,8-,10-/m1/s1. The fourth-order valence-electron chi connectivity index (χ4n) is 2.42. The van der Waals surface area contributed by atoms with Crippen LogP contribution in [-0.4, -0.2) is 71.0 Å². The van der Waals surface area contributed by atoms with E-state index in [0.29, 0.717) is 0 Å². The lowest BCUT2D eigenvalue weighted by atomic mass is 10.1. The third kappa shape index (κ3) is 6.47. The molecule has 0 amide bonds. The number of aliphatic hydroxyl groups excluding tert-OH is 2. The summed E-state index contributed by atoms with van der Waals surface area (Å²) in [7, 11) is -16.1. The van der Waals surface area contributed by atoms with Crippen LogP contribution in [0.2, 0.25) is 0 Å². The van der Waals surface area contributed by atoms with Gasteiger partial charge < -0.3 is 45.0 Å². The van der Waals surface area contributed by atoms with Gasteiger partial charge in [0.1, 0.15) is 24.6 Å². The summed E-state index contributed by atoms with van der Waals surface area (Å²) >= 11 is 0. The van der Waals surface area contributed by atoms with E-state index >= 15 is 0 Å². The predicted molar refractivity (Wildman–Crippen MR) is 94.6 cm³/mol. The third-order valence-electron chi connectivity index (χ3n) is 3.70. The smallest absolute Gasteiger partial charge is 0.385 e. The molecule has 2 heterocycles. The predicted octanol–water partition coefficient (Wildman–Crippen LogP) is -2.24. The molecule has 1 saturated heterocycles. The van der Waals surface area contributed by atoms with Gasteiger partial charge in [-0.05, 0) is 6.07 Å². The van der Waals surface area contributed by atoms with Gasteiger partial charge >= 0.3 is 29.2 Å². The molecule has 8 N–H and O–H groups in total. The molecule has 0 spiro atoms. The summed E-state index contributed by atoms with van der Waals surface area (Å²) in [5.41, 5.74) is 4.37. The Morgan fingerprint density at radius 2 is 1.81 bits per heavy atom. The molecule has 6 atom stereocenters. The number of nitrogens with two attached hydrogens (primary N) is 1. The third-order valence-corrected chi connectivity index (χ3v) is 7.49. The first-order valence-corrected chi connectivity index (χ1v) is 12.2. The van der Waals surface area contributed by atoms with Crippen LogP contribution < -0.4 is 11.4 Å². The Balaban J connectivity index is 2.20. The molecule has 0 bridgehead atoms. The molecule has 2 unspecified atom stereocenters. The quantitative estimate of drug-likeness (QED) is 0.172. The van der Waals surface area contributed by atoms with Gasteiger partial charge in [0, 0.05) is 13.3 Å². The normalized spacial score (nSPS) is 30.6. The summed E-state index contributed by atoms with van der Waals surface area (Å²) in [6, 6.07) is 1.17. The maximum atomic E-state index is 12.0. The molecule has 178 valence electrons. The topological polar surface area (TPSA) is 280 Å². The number of rotatable bonds is 9. The maximum absolute atomic E-state index is 12.0. The average Bonchev–Trinajstić information content (AvgIpc) is 2.82. The molecule has 21 heteroatoms. The molecule has 18 nitrogen and oxygen atoms in total. The number of methoxy groups -OCH3 is 1. The van der Waals surface area contributed by atoms with E-state index in [1.165, 1.54) is 6.07 Å². The van der Waals surface area contributed by atoms with Crippen LogP contribution in [0.25, 0.3) is 0 Å². The molecule has 1 aromatic rings. The average molecular weight is 513 g/mol. The highest BCUT2D eigenvalue weighted by Crippen LogP contribution is 2.66. The maximum Gasteiger partial charge on any atom is 0.490 e. The lowest BCUT2D eigenvalue weighted by Crippen LogP contribution is -2.48. The molecule has 31 heavy (non-hydrogen) atoms. The molecule has 1 aliphatic rings. The summed E-state index contributed by atoms with van der Waals surface area (Å²) in [6.07, 6.45) is -4.45. The van der Waals surface area contributed by atoms with Gasteiger partial charge in [0.15, 0.2) is 6.23 Å². The van der Waals surface area contributed by atoms with Crippen molar-refractivity contribution >= 4 is 29.3 Å². The first kappa shape index (κ1) is 26.2. The van der Waals surface area contributed by atoms with Crippen molar-refractivity contribution in [1.82, 2.24) is 9.55 Å². The highest BCUT2D eigenvalue weighted by Gasteiger charge is 2.57. The lowest BCUT2D eigenvalue weighted by molar-refractivity contribution is -0.267. The summed E-state index contributed by atoms with van der Waals surface area (Å²) in [5.74, 6) is -2.57. The van der Waals surface area contributed by atoms with E-state index in [9.17, 15) is 33.6 Å². The Bertz CT molecular complexity index is 1010. The van der Waals surface area contributed by atoms with Crippen LogP contribution in [0.15, 0.2) is 17.1 Å². The van der Waals surface area contributed by atoms with E-state index in [0.717, 1.165) is 17.9 Å². The van der Waals surface area contributed by atoms with E-state index < -0.39 is 60.0 Å². The van der Waals surface area contributed by atoms with Crippen LogP contribution in [0.4, 0.5) is 5.82 Å². The number of phosphoric acid groups is 3.